The van der Waals surface area contributed by atoms with Crippen LogP contribution in [0.5, 0.6) is 0 Å². The van der Waals surface area contributed by atoms with E-state index in [-0.39, 0.29) is 12.1 Å². The maximum atomic E-state index is 12.9. The van der Waals surface area contributed by atoms with E-state index in [1.807, 2.05) is 30.0 Å². The van der Waals surface area contributed by atoms with Gasteiger partial charge in [-0.25, -0.2) is 8.78 Å². The minimum absolute atomic E-state index is 0.0595. The quantitative estimate of drug-likeness (QED) is 0.349. The van der Waals surface area contributed by atoms with Crippen molar-refractivity contribution in [2.75, 3.05) is 29.5 Å². The summed E-state index contributed by atoms with van der Waals surface area (Å²) in [5, 5.41) is 7.54. The Kier molecular flexibility index (Phi) is 7.94. The monoisotopic (exact) mass is 517 g/mol. The highest BCUT2D eigenvalue weighted by Crippen LogP contribution is 2.26. The lowest BCUT2D eigenvalue weighted by atomic mass is 10.0. The standard InChI is InChI=1S/C29H29F2N5S/c1-21(35-13-15-37-16-14-35)36(26-11-7-23(8-12-26)17-22-5-3-2-4-6-22)20-25-10-9-24(19-32-25)27-18-28(29(30)31)34-33-27/h2-12,19,29H,1,13-18,20H2. The van der Waals surface area contributed by atoms with Crippen LogP contribution in [-0.2, 0) is 13.0 Å². The summed E-state index contributed by atoms with van der Waals surface area (Å²) in [6.45, 7) is 6.93. The molecule has 0 atom stereocenters. The second-order valence-electron chi connectivity index (χ2n) is 9.08. The van der Waals surface area contributed by atoms with Crippen LogP contribution in [0.15, 0.2) is 95.5 Å². The molecule has 3 aromatic rings. The van der Waals surface area contributed by atoms with Crippen molar-refractivity contribution in [1.29, 1.82) is 0 Å². The Morgan fingerprint density at radius 1 is 0.946 bits per heavy atom. The van der Waals surface area contributed by atoms with Gasteiger partial charge >= 0.3 is 0 Å². The van der Waals surface area contributed by atoms with Crippen molar-refractivity contribution in [3.05, 3.63) is 108 Å². The summed E-state index contributed by atoms with van der Waals surface area (Å²) in [6, 6.07) is 22.9. The van der Waals surface area contributed by atoms with Crippen LogP contribution in [0.1, 0.15) is 28.8 Å². The molecule has 5 nitrogen and oxygen atoms in total. The molecule has 8 heteroatoms. The van der Waals surface area contributed by atoms with Gasteiger partial charge in [-0.2, -0.15) is 22.0 Å². The van der Waals surface area contributed by atoms with Crippen molar-refractivity contribution in [3.8, 4) is 0 Å². The summed E-state index contributed by atoms with van der Waals surface area (Å²) in [6.07, 6.45) is 0.0546. The third-order valence-corrected chi connectivity index (χ3v) is 7.51. The molecule has 0 unspecified atom stereocenters. The fourth-order valence-electron chi connectivity index (χ4n) is 4.45. The van der Waals surface area contributed by atoms with Crippen molar-refractivity contribution in [2.45, 2.75) is 25.8 Å². The van der Waals surface area contributed by atoms with Crippen molar-refractivity contribution < 1.29 is 8.78 Å². The second-order valence-corrected chi connectivity index (χ2v) is 10.3. The number of nitrogens with zero attached hydrogens (tertiary/aromatic N) is 5. The number of alkyl halides is 2. The summed E-state index contributed by atoms with van der Waals surface area (Å²) in [5.74, 6) is 3.12. The third kappa shape index (κ3) is 6.25. The summed E-state index contributed by atoms with van der Waals surface area (Å²) >= 11 is 1.96. The van der Waals surface area contributed by atoms with E-state index >= 15 is 0 Å². The van der Waals surface area contributed by atoms with Crippen LogP contribution in [0.4, 0.5) is 14.5 Å². The molecule has 1 fully saturated rings. The molecular weight excluding hydrogens is 488 g/mol. The number of halogens is 2. The first-order valence-electron chi connectivity index (χ1n) is 12.4. The molecule has 190 valence electrons. The number of hydrogen-bond donors (Lipinski definition) is 0. The highest BCUT2D eigenvalue weighted by atomic mass is 32.2. The van der Waals surface area contributed by atoms with Gasteiger partial charge < -0.3 is 9.80 Å². The van der Waals surface area contributed by atoms with E-state index in [4.69, 9.17) is 0 Å². The summed E-state index contributed by atoms with van der Waals surface area (Å²) < 4.78 is 25.8. The predicted molar refractivity (Wildman–Crippen MR) is 149 cm³/mol. The number of thioether (sulfide) groups is 1. The van der Waals surface area contributed by atoms with Gasteiger partial charge in [0, 0.05) is 48.5 Å². The number of aromatic nitrogens is 1. The van der Waals surface area contributed by atoms with Gasteiger partial charge in [-0.1, -0.05) is 49.0 Å². The van der Waals surface area contributed by atoms with Gasteiger partial charge in [0.05, 0.1) is 18.0 Å². The Morgan fingerprint density at radius 2 is 1.68 bits per heavy atom. The number of anilines is 1. The molecule has 3 heterocycles. The van der Waals surface area contributed by atoms with Gasteiger partial charge in [-0.05, 0) is 41.8 Å². The van der Waals surface area contributed by atoms with E-state index in [1.165, 1.54) is 11.1 Å². The molecular formula is C29H29F2N5S. The molecule has 0 radical (unpaired) electrons. The predicted octanol–water partition coefficient (Wildman–Crippen LogP) is 6.01. The Bertz CT molecular complexity index is 1270. The normalized spacial score (nSPS) is 15.5. The SMILES string of the molecule is C=C(N1CCSCC1)N(Cc1ccc(C2=NN=C(C(F)F)C2)cn1)c1ccc(Cc2ccccc2)cc1. The molecule has 2 aromatic carbocycles. The fourth-order valence-corrected chi connectivity index (χ4v) is 5.35. The van der Waals surface area contributed by atoms with Crippen LogP contribution in [0.3, 0.4) is 0 Å². The Morgan fingerprint density at radius 3 is 2.32 bits per heavy atom. The maximum absolute atomic E-state index is 12.9. The molecule has 2 aliphatic rings. The summed E-state index contributed by atoms with van der Waals surface area (Å²) in [4.78, 5) is 9.17. The van der Waals surface area contributed by atoms with E-state index in [0.29, 0.717) is 17.8 Å². The fraction of sp³-hybridized carbons (Fsp3) is 0.276. The Labute approximate surface area is 220 Å². The number of hydrogen-bond acceptors (Lipinski definition) is 6. The molecule has 0 saturated carbocycles. The average molecular weight is 518 g/mol. The lowest BCUT2D eigenvalue weighted by molar-refractivity contribution is 0.224. The highest BCUT2D eigenvalue weighted by Gasteiger charge is 2.23. The van der Waals surface area contributed by atoms with Crippen molar-refractivity contribution >= 4 is 28.9 Å². The van der Waals surface area contributed by atoms with E-state index in [2.05, 4.69) is 80.1 Å². The maximum Gasteiger partial charge on any atom is 0.278 e. The van der Waals surface area contributed by atoms with Crippen LogP contribution in [0, 0.1) is 0 Å². The first-order chi connectivity index (χ1) is 18.1. The zero-order chi connectivity index (χ0) is 25.6. The van der Waals surface area contributed by atoms with Gasteiger partial charge in [0.15, 0.2) is 0 Å². The van der Waals surface area contributed by atoms with Crippen LogP contribution in [0.2, 0.25) is 0 Å². The third-order valence-electron chi connectivity index (χ3n) is 6.56. The molecule has 37 heavy (non-hydrogen) atoms. The van der Waals surface area contributed by atoms with Gasteiger partial charge in [-0.3, -0.25) is 4.98 Å². The van der Waals surface area contributed by atoms with E-state index in [0.717, 1.165) is 48.2 Å². The van der Waals surface area contributed by atoms with Gasteiger partial charge in [-0.15, -0.1) is 0 Å². The van der Waals surface area contributed by atoms with Crippen LogP contribution in [-0.4, -0.2) is 52.3 Å². The molecule has 1 saturated heterocycles. The van der Waals surface area contributed by atoms with Crippen molar-refractivity contribution in [2.24, 2.45) is 10.2 Å². The summed E-state index contributed by atoms with van der Waals surface area (Å²) in [7, 11) is 0. The first-order valence-corrected chi connectivity index (χ1v) is 13.5. The van der Waals surface area contributed by atoms with E-state index in [9.17, 15) is 8.78 Å². The summed E-state index contributed by atoms with van der Waals surface area (Å²) in [5.41, 5.74) is 5.49. The number of benzene rings is 2. The molecule has 5 rings (SSSR count). The molecule has 0 spiro atoms. The van der Waals surface area contributed by atoms with E-state index in [1.54, 1.807) is 6.20 Å². The largest absolute Gasteiger partial charge is 0.357 e. The van der Waals surface area contributed by atoms with Gasteiger partial charge in [0.25, 0.3) is 6.43 Å². The minimum atomic E-state index is -2.58. The zero-order valence-electron chi connectivity index (χ0n) is 20.6. The molecule has 0 bridgehead atoms. The van der Waals surface area contributed by atoms with E-state index < -0.39 is 6.43 Å². The zero-order valence-corrected chi connectivity index (χ0v) is 21.4. The number of pyridine rings is 1. The van der Waals surface area contributed by atoms with Crippen molar-refractivity contribution in [1.82, 2.24) is 9.88 Å². The second kappa shape index (κ2) is 11.7. The van der Waals surface area contributed by atoms with Crippen LogP contribution < -0.4 is 4.90 Å². The van der Waals surface area contributed by atoms with Gasteiger partial charge in [0.1, 0.15) is 11.5 Å². The molecule has 1 aromatic heterocycles. The van der Waals surface area contributed by atoms with Crippen LogP contribution in [0.25, 0.3) is 0 Å². The highest BCUT2D eigenvalue weighted by molar-refractivity contribution is 7.99. The molecule has 0 N–H and O–H groups in total. The molecule has 0 amide bonds. The van der Waals surface area contributed by atoms with Crippen LogP contribution >= 0.6 is 11.8 Å². The minimum Gasteiger partial charge on any atom is -0.357 e. The molecule has 2 aliphatic heterocycles. The lowest BCUT2D eigenvalue weighted by Crippen LogP contribution is -2.39. The van der Waals surface area contributed by atoms with Gasteiger partial charge in [0.2, 0.25) is 0 Å². The first kappa shape index (κ1) is 25.1. The lowest BCUT2D eigenvalue weighted by Gasteiger charge is -2.37. The Hall–Kier alpha value is -3.52. The topological polar surface area (TPSA) is 44.1 Å². The Balaban J connectivity index is 1.33. The smallest absolute Gasteiger partial charge is 0.278 e. The number of rotatable bonds is 9. The van der Waals surface area contributed by atoms with Crippen molar-refractivity contribution in [3.63, 3.8) is 0 Å². The molecule has 0 aliphatic carbocycles. The average Bonchev–Trinajstić information content (AvgIpc) is 3.44.